The van der Waals surface area contributed by atoms with Crippen LogP contribution in [0.1, 0.15) is 101 Å². The highest BCUT2D eigenvalue weighted by Crippen LogP contribution is 2.27. The molecular formula is C34H46ClN7O4S2. The van der Waals surface area contributed by atoms with Gasteiger partial charge >= 0.3 is 0 Å². The van der Waals surface area contributed by atoms with E-state index in [4.69, 9.17) is 0 Å². The second-order valence-electron chi connectivity index (χ2n) is 12.7. The monoisotopic (exact) mass is 715 g/mol. The van der Waals surface area contributed by atoms with Crippen LogP contribution < -0.4 is 21.3 Å². The first kappa shape index (κ1) is 37.4. The molecule has 14 heteroatoms. The fourth-order valence-electron chi connectivity index (χ4n) is 6.00. The molecule has 5 rings (SSSR count). The summed E-state index contributed by atoms with van der Waals surface area (Å²) >= 11 is 2.69. The fraction of sp³-hybridized carbons (Fsp3) is 0.529. The van der Waals surface area contributed by atoms with E-state index in [9.17, 15) is 19.2 Å². The van der Waals surface area contributed by atoms with Crippen molar-refractivity contribution in [1.82, 2.24) is 36.1 Å². The van der Waals surface area contributed by atoms with Gasteiger partial charge in [0.1, 0.15) is 21.4 Å². The summed E-state index contributed by atoms with van der Waals surface area (Å²) < 4.78 is 0. The van der Waals surface area contributed by atoms with E-state index in [2.05, 4.69) is 45.1 Å². The van der Waals surface area contributed by atoms with Crippen molar-refractivity contribution >= 4 is 58.7 Å². The van der Waals surface area contributed by atoms with E-state index in [1.54, 1.807) is 10.8 Å². The van der Waals surface area contributed by atoms with Gasteiger partial charge in [-0.25, -0.2) is 9.97 Å². The van der Waals surface area contributed by atoms with E-state index in [1.807, 2.05) is 35.2 Å². The number of halogens is 1. The molecule has 2 aliphatic heterocycles. The molecular weight excluding hydrogens is 670 g/mol. The quantitative estimate of drug-likeness (QED) is 0.300. The lowest BCUT2D eigenvalue weighted by molar-refractivity contribution is -0.137. The molecule has 4 amide bonds. The molecule has 3 aromatic rings. The summed E-state index contributed by atoms with van der Waals surface area (Å²) in [6, 6.07) is 9.02. The van der Waals surface area contributed by atoms with Gasteiger partial charge in [-0.1, -0.05) is 44.2 Å². The van der Waals surface area contributed by atoms with Gasteiger partial charge in [-0.3, -0.25) is 19.2 Å². The molecule has 2 aromatic heterocycles. The van der Waals surface area contributed by atoms with Gasteiger partial charge in [0.25, 0.3) is 11.8 Å². The summed E-state index contributed by atoms with van der Waals surface area (Å²) in [4.78, 5) is 64.5. The van der Waals surface area contributed by atoms with Crippen molar-refractivity contribution in [3.05, 3.63) is 68.1 Å². The topological polar surface area (TPSA) is 145 Å². The number of fused-ring (bicyclic) bond motifs is 4. The Morgan fingerprint density at radius 3 is 2.21 bits per heavy atom. The van der Waals surface area contributed by atoms with E-state index in [1.165, 1.54) is 22.7 Å². The molecule has 1 fully saturated rings. The van der Waals surface area contributed by atoms with Gasteiger partial charge in [0.05, 0.1) is 12.1 Å². The van der Waals surface area contributed by atoms with Crippen LogP contribution in [0.4, 0.5) is 0 Å². The largest absolute Gasteiger partial charge is 0.351 e. The van der Waals surface area contributed by atoms with Crippen LogP contribution in [-0.2, 0) is 16.0 Å². The predicted octanol–water partition coefficient (Wildman–Crippen LogP) is 4.68. The van der Waals surface area contributed by atoms with E-state index in [0.29, 0.717) is 66.9 Å². The first-order valence-corrected chi connectivity index (χ1v) is 18.4. The Balaban J connectivity index is 0.00000520. The molecule has 2 aliphatic rings. The van der Waals surface area contributed by atoms with Crippen LogP contribution in [0.3, 0.4) is 0 Å². The summed E-state index contributed by atoms with van der Waals surface area (Å²) in [5.41, 5.74) is 1.59. The molecule has 260 valence electrons. The van der Waals surface area contributed by atoms with Crippen molar-refractivity contribution in [3.8, 4) is 0 Å². The molecule has 0 radical (unpaired) electrons. The Morgan fingerprint density at radius 1 is 0.875 bits per heavy atom. The van der Waals surface area contributed by atoms with Crippen molar-refractivity contribution in [2.45, 2.75) is 70.9 Å². The van der Waals surface area contributed by atoms with Gasteiger partial charge < -0.3 is 26.2 Å². The minimum atomic E-state index is -0.476. The molecule has 0 spiro atoms. The van der Waals surface area contributed by atoms with Gasteiger partial charge in [-0.15, -0.1) is 35.1 Å². The normalized spacial score (nSPS) is 20.6. The number of aromatic nitrogens is 2. The van der Waals surface area contributed by atoms with Gasteiger partial charge in [-0.05, 0) is 63.1 Å². The third-order valence-corrected chi connectivity index (χ3v) is 10.4. The van der Waals surface area contributed by atoms with Crippen molar-refractivity contribution in [2.24, 2.45) is 11.8 Å². The number of thiazole rings is 2. The van der Waals surface area contributed by atoms with Crippen LogP contribution in [0.25, 0.3) is 0 Å². The molecule has 1 unspecified atom stereocenters. The van der Waals surface area contributed by atoms with Crippen LogP contribution >= 0.6 is 35.1 Å². The van der Waals surface area contributed by atoms with E-state index >= 15 is 0 Å². The summed E-state index contributed by atoms with van der Waals surface area (Å²) in [7, 11) is 0. The molecule has 48 heavy (non-hydrogen) atoms. The lowest BCUT2D eigenvalue weighted by Crippen LogP contribution is -2.42. The minimum absolute atomic E-state index is 0. The van der Waals surface area contributed by atoms with Gasteiger partial charge in [0.15, 0.2) is 0 Å². The van der Waals surface area contributed by atoms with Crippen molar-refractivity contribution < 1.29 is 19.2 Å². The van der Waals surface area contributed by atoms with Crippen molar-refractivity contribution in [1.29, 1.82) is 0 Å². The number of carbonyl (C=O) groups is 4. The molecule has 1 aromatic carbocycles. The van der Waals surface area contributed by atoms with Gasteiger partial charge in [0, 0.05) is 42.7 Å². The maximum Gasteiger partial charge on any atom is 0.271 e. The smallest absolute Gasteiger partial charge is 0.271 e. The molecule has 4 bridgehead atoms. The summed E-state index contributed by atoms with van der Waals surface area (Å²) in [6.07, 6.45) is 4.15. The Labute approximate surface area is 296 Å². The highest BCUT2D eigenvalue weighted by molar-refractivity contribution is 7.10. The Hall–Kier alpha value is -3.39. The molecule has 0 saturated carbocycles. The van der Waals surface area contributed by atoms with Crippen molar-refractivity contribution in [2.75, 3.05) is 32.7 Å². The number of hydrogen-bond donors (Lipinski definition) is 4. The number of nitrogens with one attached hydrogen (secondary N) is 4. The number of carbonyl (C=O) groups excluding carboxylic acids is 4. The van der Waals surface area contributed by atoms with Crippen LogP contribution in [0, 0.1) is 11.8 Å². The number of piperidine rings is 1. The van der Waals surface area contributed by atoms with E-state index in [-0.39, 0.29) is 60.1 Å². The van der Waals surface area contributed by atoms with Gasteiger partial charge in [-0.2, -0.15) is 0 Å². The zero-order valence-electron chi connectivity index (χ0n) is 27.5. The van der Waals surface area contributed by atoms with Crippen LogP contribution in [-0.4, -0.2) is 71.2 Å². The highest BCUT2D eigenvalue weighted by atomic mass is 35.5. The average molecular weight is 716 g/mol. The molecule has 2 atom stereocenters. The first-order chi connectivity index (χ1) is 22.8. The van der Waals surface area contributed by atoms with Crippen LogP contribution in [0.5, 0.6) is 0 Å². The summed E-state index contributed by atoms with van der Waals surface area (Å²) in [5.74, 6) is -0.357. The second-order valence-corrected chi connectivity index (χ2v) is 14.4. The maximum absolute atomic E-state index is 13.5. The number of hydrogen-bond acceptors (Lipinski definition) is 9. The summed E-state index contributed by atoms with van der Waals surface area (Å²) in [5, 5.41) is 17.3. The van der Waals surface area contributed by atoms with Gasteiger partial charge in [0.2, 0.25) is 11.8 Å². The van der Waals surface area contributed by atoms with E-state index in [0.717, 1.165) is 31.5 Å². The maximum atomic E-state index is 13.5. The third kappa shape index (κ3) is 10.6. The first-order valence-electron chi connectivity index (χ1n) is 16.6. The number of amides is 4. The SMILES string of the molecule is CC(C)CC1NC(=O)CCCN(C(=O)C2CCNCC2)CCCNC(=O)c2csc(n2)[C@H](Cc2ccccc2)NC(=O)c2csc1n2.Cl. The second kappa shape index (κ2) is 18.4. The Kier molecular flexibility index (Phi) is 14.3. The standard InChI is InChI=1S/C34H45N7O4S2.ClH/c1-22(2)18-25-32-40-28(21-47-32)31(44)38-26(19-23-8-4-3-5-9-23)33-39-27(20-46-33)30(43)36-13-7-17-41(16-6-10-29(42)37-25)34(45)24-11-14-35-15-12-24;/h3-5,8-9,20-22,24-26,35H,6-7,10-19H2,1-2H3,(H,36,43)(H,37,42)(H,38,44);1H/t25?,26-;/m0./s1. The molecule has 4 N–H and O–H groups in total. The average Bonchev–Trinajstić information content (AvgIpc) is 3.77. The Bertz CT molecular complexity index is 1510. The predicted molar refractivity (Wildman–Crippen MR) is 191 cm³/mol. The van der Waals surface area contributed by atoms with E-state index < -0.39 is 6.04 Å². The zero-order chi connectivity index (χ0) is 33.2. The number of benzene rings is 1. The highest BCUT2D eigenvalue weighted by Gasteiger charge is 2.28. The molecule has 0 aliphatic carbocycles. The lowest BCUT2D eigenvalue weighted by atomic mass is 9.96. The van der Waals surface area contributed by atoms with Crippen LogP contribution in [0.15, 0.2) is 41.1 Å². The zero-order valence-corrected chi connectivity index (χ0v) is 30.0. The number of rotatable bonds is 5. The Morgan fingerprint density at radius 2 is 1.52 bits per heavy atom. The third-order valence-electron chi connectivity index (χ3n) is 8.46. The lowest BCUT2D eigenvalue weighted by Gasteiger charge is -2.30. The van der Waals surface area contributed by atoms with Crippen LogP contribution in [0.2, 0.25) is 0 Å². The van der Waals surface area contributed by atoms with Crippen molar-refractivity contribution in [3.63, 3.8) is 0 Å². The fourth-order valence-corrected chi connectivity index (χ4v) is 7.71. The molecule has 1 saturated heterocycles. The molecule has 11 nitrogen and oxygen atoms in total. The number of nitrogens with zero attached hydrogens (tertiary/aromatic N) is 3. The molecule has 4 heterocycles. The summed E-state index contributed by atoms with van der Waals surface area (Å²) in [6.45, 7) is 7.17. The minimum Gasteiger partial charge on any atom is -0.351 e.